The number of nitrogens with one attached hydrogen (secondary N) is 1. The lowest BCUT2D eigenvalue weighted by molar-refractivity contribution is 0.102. The monoisotopic (exact) mass is 342 g/mol. The third kappa shape index (κ3) is 3.08. The molecule has 4 N–H and O–H groups in total. The average Bonchev–Trinajstić information content (AvgIpc) is 2.54. The van der Waals surface area contributed by atoms with E-state index in [4.69, 9.17) is 5.73 Å². The Morgan fingerprint density at radius 3 is 2.29 bits per heavy atom. The molecular formula is C17H14N2O4S. The standard InChI is InChI=1S/C17H14N2O4S/c18-13-8-5-12(6-9-13)17(20)19-15-10-7-11-3-1-2-4-14(11)16(15)24(21,22)23/h1-10H,18H2,(H,19,20)(H,21,22,23). The van der Waals surface area contributed by atoms with E-state index in [-0.39, 0.29) is 10.6 Å². The quantitative estimate of drug-likeness (QED) is 0.501. The number of nitrogens with two attached hydrogens (primary N) is 1. The minimum Gasteiger partial charge on any atom is -0.399 e. The van der Waals surface area contributed by atoms with Crippen molar-refractivity contribution in [1.29, 1.82) is 0 Å². The van der Waals surface area contributed by atoms with Gasteiger partial charge in [0.05, 0.1) is 5.69 Å². The van der Waals surface area contributed by atoms with Crippen LogP contribution in [-0.2, 0) is 10.1 Å². The minimum absolute atomic E-state index is 0.0121. The summed E-state index contributed by atoms with van der Waals surface area (Å²) in [6.07, 6.45) is 0. The second-order valence-corrected chi connectivity index (χ2v) is 6.57. The Balaban J connectivity index is 2.09. The van der Waals surface area contributed by atoms with Gasteiger partial charge in [0.25, 0.3) is 16.0 Å². The van der Waals surface area contributed by atoms with Crippen LogP contribution in [-0.4, -0.2) is 18.9 Å². The smallest absolute Gasteiger partial charge is 0.297 e. The zero-order chi connectivity index (χ0) is 17.3. The van der Waals surface area contributed by atoms with Gasteiger partial charge in [0.15, 0.2) is 0 Å². The van der Waals surface area contributed by atoms with Crippen LogP contribution >= 0.6 is 0 Å². The van der Waals surface area contributed by atoms with E-state index in [0.717, 1.165) is 0 Å². The molecule has 0 spiro atoms. The van der Waals surface area contributed by atoms with E-state index in [1.165, 1.54) is 18.2 Å². The highest BCUT2D eigenvalue weighted by Gasteiger charge is 2.21. The Kier molecular flexibility index (Phi) is 3.96. The summed E-state index contributed by atoms with van der Waals surface area (Å²) in [5.41, 5.74) is 6.42. The molecule has 0 aromatic heterocycles. The van der Waals surface area contributed by atoms with Gasteiger partial charge in [-0.3, -0.25) is 9.35 Å². The van der Waals surface area contributed by atoms with Crippen molar-refractivity contribution < 1.29 is 17.8 Å². The molecule has 6 nitrogen and oxygen atoms in total. The van der Waals surface area contributed by atoms with Gasteiger partial charge in [0.2, 0.25) is 0 Å². The van der Waals surface area contributed by atoms with E-state index in [1.54, 1.807) is 42.5 Å². The molecule has 1 amide bonds. The summed E-state index contributed by atoms with van der Waals surface area (Å²) in [4.78, 5) is 12.0. The molecule has 0 aliphatic heterocycles. The van der Waals surface area contributed by atoms with Crippen molar-refractivity contribution in [3.05, 3.63) is 66.2 Å². The van der Waals surface area contributed by atoms with Gasteiger partial charge in [-0.1, -0.05) is 30.3 Å². The van der Waals surface area contributed by atoms with Crippen LogP contribution in [0.4, 0.5) is 11.4 Å². The Labute approximate surface area is 138 Å². The van der Waals surface area contributed by atoms with Crippen LogP contribution in [0.15, 0.2) is 65.6 Å². The van der Waals surface area contributed by atoms with E-state index < -0.39 is 16.0 Å². The lowest BCUT2D eigenvalue weighted by Crippen LogP contribution is -2.15. The fourth-order valence-electron chi connectivity index (χ4n) is 2.45. The van der Waals surface area contributed by atoms with Crippen LogP contribution in [0.1, 0.15) is 10.4 Å². The minimum atomic E-state index is -4.53. The lowest BCUT2D eigenvalue weighted by Gasteiger charge is -2.12. The maximum Gasteiger partial charge on any atom is 0.297 e. The van der Waals surface area contributed by atoms with Crippen LogP contribution in [0.3, 0.4) is 0 Å². The molecule has 7 heteroatoms. The molecule has 3 aromatic rings. The molecule has 3 rings (SSSR count). The normalized spacial score (nSPS) is 11.4. The first-order chi connectivity index (χ1) is 11.4. The molecule has 0 radical (unpaired) electrons. The van der Waals surface area contributed by atoms with Gasteiger partial charge in [-0.05, 0) is 35.7 Å². The number of fused-ring (bicyclic) bond motifs is 1. The Morgan fingerprint density at radius 2 is 1.62 bits per heavy atom. The van der Waals surface area contributed by atoms with Crippen LogP contribution in [0, 0.1) is 0 Å². The first-order valence-corrected chi connectivity index (χ1v) is 8.46. The molecule has 0 saturated carbocycles. The van der Waals surface area contributed by atoms with E-state index in [9.17, 15) is 17.8 Å². The van der Waals surface area contributed by atoms with Crippen LogP contribution in [0.5, 0.6) is 0 Å². The van der Waals surface area contributed by atoms with Crippen molar-refractivity contribution in [1.82, 2.24) is 0 Å². The Morgan fingerprint density at radius 1 is 0.958 bits per heavy atom. The number of rotatable bonds is 3. The molecule has 0 heterocycles. The molecular weight excluding hydrogens is 328 g/mol. The van der Waals surface area contributed by atoms with Gasteiger partial charge in [-0.2, -0.15) is 8.42 Å². The highest BCUT2D eigenvalue weighted by Crippen LogP contribution is 2.30. The highest BCUT2D eigenvalue weighted by atomic mass is 32.2. The van der Waals surface area contributed by atoms with E-state index in [2.05, 4.69) is 5.32 Å². The predicted molar refractivity (Wildman–Crippen MR) is 92.6 cm³/mol. The van der Waals surface area contributed by atoms with E-state index in [0.29, 0.717) is 22.0 Å². The number of amides is 1. The number of nitrogen functional groups attached to an aromatic ring is 1. The molecule has 0 bridgehead atoms. The number of carbonyl (C=O) groups excluding carboxylic acids is 1. The maximum absolute atomic E-state index is 12.3. The van der Waals surface area contributed by atoms with Crippen molar-refractivity contribution in [3.8, 4) is 0 Å². The summed E-state index contributed by atoms with van der Waals surface area (Å²) in [5.74, 6) is -0.504. The number of hydrogen-bond acceptors (Lipinski definition) is 4. The summed E-state index contributed by atoms with van der Waals surface area (Å²) in [5, 5.41) is 3.49. The third-order valence-corrected chi connectivity index (χ3v) is 4.51. The highest BCUT2D eigenvalue weighted by molar-refractivity contribution is 7.86. The van der Waals surface area contributed by atoms with E-state index in [1.807, 2.05) is 0 Å². The second-order valence-electron chi connectivity index (χ2n) is 5.21. The fraction of sp³-hybridized carbons (Fsp3) is 0. The molecule has 0 fully saturated rings. The second kappa shape index (κ2) is 5.95. The van der Waals surface area contributed by atoms with Crippen molar-refractivity contribution in [2.24, 2.45) is 0 Å². The molecule has 0 aliphatic carbocycles. The molecule has 0 saturated heterocycles. The fourth-order valence-corrected chi connectivity index (χ4v) is 3.31. The van der Waals surface area contributed by atoms with Gasteiger partial charge >= 0.3 is 0 Å². The SMILES string of the molecule is Nc1ccc(C(=O)Nc2ccc3ccccc3c2S(=O)(=O)O)cc1. The van der Waals surface area contributed by atoms with Gasteiger partial charge in [0, 0.05) is 16.6 Å². The molecule has 0 unspecified atom stereocenters. The van der Waals surface area contributed by atoms with Crippen molar-refractivity contribution >= 4 is 38.2 Å². The zero-order valence-corrected chi connectivity index (χ0v) is 13.2. The molecule has 0 aliphatic rings. The van der Waals surface area contributed by atoms with Gasteiger partial charge in [-0.15, -0.1) is 0 Å². The van der Waals surface area contributed by atoms with E-state index >= 15 is 0 Å². The van der Waals surface area contributed by atoms with Gasteiger partial charge in [-0.25, -0.2) is 0 Å². The van der Waals surface area contributed by atoms with Crippen molar-refractivity contribution in [3.63, 3.8) is 0 Å². The summed E-state index contributed by atoms with van der Waals surface area (Å²) >= 11 is 0. The van der Waals surface area contributed by atoms with Crippen LogP contribution < -0.4 is 11.1 Å². The number of carbonyl (C=O) groups is 1. The topological polar surface area (TPSA) is 109 Å². The number of hydrogen-bond donors (Lipinski definition) is 3. The van der Waals surface area contributed by atoms with Gasteiger partial charge in [0.1, 0.15) is 4.90 Å². The molecule has 3 aromatic carbocycles. The Hall–Kier alpha value is -2.90. The van der Waals surface area contributed by atoms with Crippen molar-refractivity contribution in [2.75, 3.05) is 11.1 Å². The van der Waals surface area contributed by atoms with Gasteiger partial charge < -0.3 is 11.1 Å². The zero-order valence-electron chi connectivity index (χ0n) is 12.4. The molecule has 0 atom stereocenters. The first kappa shape index (κ1) is 16.0. The number of benzene rings is 3. The Bertz CT molecular complexity index is 1030. The number of anilines is 2. The maximum atomic E-state index is 12.3. The summed E-state index contributed by atoms with van der Waals surface area (Å²) < 4.78 is 33.2. The first-order valence-electron chi connectivity index (χ1n) is 7.02. The van der Waals surface area contributed by atoms with Crippen molar-refractivity contribution in [2.45, 2.75) is 4.90 Å². The lowest BCUT2D eigenvalue weighted by atomic mass is 10.1. The summed E-state index contributed by atoms with van der Waals surface area (Å²) in [7, 11) is -4.53. The molecule has 24 heavy (non-hydrogen) atoms. The molecule has 122 valence electrons. The summed E-state index contributed by atoms with van der Waals surface area (Å²) in [6.45, 7) is 0. The summed E-state index contributed by atoms with van der Waals surface area (Å²) in [6, 6.07) is 16.0. The predicted octanol–water partition coefficient (Wildman–Crippen LogP) is 2.92. The van der Waals surface area contributed by atoms with Crippen LogP contribution in [0.25, 0.3) is 10.8 Å². The largest absolute Gasteiger partial charge is 0.399 e. The third-order valence-electron chi connectivity index (χ3n) is 3.56. The van der Waals surface area contributed by atoms with Crippen LogP contribution in [0.2, 0.25) is 0 Å². The average molecular weight is 342 g/mol.